The highest BCUT2D eigenvalue weighted by Gasteiger charge is 2.40. The number of halogens is 1. The van der Waals surface area contributed by atoms with Gasteiger partial charge in [0.1, 0.15) is 0 Å². The number of amides is 1. The zero-order valence-electron chi connectivity index (χ0n) is 17.0. The smallest absolute Gasteiger partial charge is 0.226 e. The summed E-state index contributed by atoms with van der Waals surface area (Å²) < 4.78 is 0.724. The van der Waals surface area contributed by atoms with Crippen molar-refractivity contribution in [2.75, 3.05) is 11.9 Å². The van der Waals surface area contributed by atoms with Gasteiger partial charge >= 0.3 is 0 Å². The molecule has 0 bridgehead atoms. The summed E-state index contributed by atoms with van der Waals surface area (Å²) in [6.07, 6.45) is 2.97. The van der Waals surface area contributed by atoms with Crippen LogP contribution < -0.4 is 10.6 Å². The second kappa shape index (κ2) is 9.77. The number of hydrogen-bond acceptors (Lipinski definition) is 4. The lowest BCUT2D eigenvalue weighted by Crippen LogP contribution is -2.32. The molecule has 0 radical (unpaired) electrons. The molecular formula is C23H23ClN4OS2. The first kappa shape index (κ1) is 21.7. The lowest BCUT2D eigenvalue weighted by molar-refractivity contribution is -0.116. The van der Waals surface area contributed by atoms with Crippen LogP contribution in [0.1, 0.15) is 41.6 Å². The Morgan fingerprint density at radius 1 is 1.23 bits per heavy atom. The third kappa shape index (κ3) is 4.89. The maximum atomic E-state index is 12.7. The average Bonchev–Trinajstić information content (AvgIpc) is 3.35. The van der Waals surface area contributed by atoms with Gasteiger partial charge < -0.3 is 15.5 Å². The molecular weight excluding hydrogens is 448 g/mol. The molecule has 5 nitrogen and oxygen atoms in total. The number of thiocarbonyl (C=S) groups is 1. The molecule has 1 saturated heterocycles. The molecule has 0 saturated carbocycles. The van der Waals surface area contributed by atoms with Crippen molar-refractivity contribution in [2.45, 2.75) is 31.8 Å². The maximum Gasteiger partial charge on any atom is 0.226 e. The topological polar surface area (TPSA) is 57.3 Å². The first-order valence-corrected chi connectivity index (χ1v) is 11.8. The molecule has 1 amide bonds. The number of anilines is 1. The number of carbonyl (C=O) groups is 1. The van der Waals surface area contributed by atoms with Gasteiger partial charge in [0.25, 0.3) is 0 Å². The highest BCUT2D eigenvalue weighted by atomic mass is 35.5. The molecule has 0 unspecified atom stereocenters. The van der Waals surface area contributed by atoms with E-state index in [0.717, 1.165) is 32.6 Å². The van der Waals surface area contributed by atoms with Crippen LogP contribution in [0, 0.1) is 0 Å². The fraction of sp³-hybridized carbons (Fsp3) is 0.261. The molecule has 2 atom stereocenters. The Labute approximate surface area is 196 Å². The molecule has 31 heavy (non-hydrogen) atoms. The van der Waals surface area contributed by atoms with Gasteiger partial charge in [0, 0.05) is 29.7 Å². The lowest BCUT2D eigenvalue weighted by atomic mass is 10.0. The van der Waals surface area contributed by atoms with E-state index in [4.69, 9.17) is 23.8 Å². The van der Waals surface area contributed by atoms with Gasteiger partial charge in [0.05, 0.1) is 22.1 Å². The van der Waals surface area contributed by atoms with Crippen molar-refractivity contribution in [3.8, 4) is 0 Å². The Hall–Kier alpha value is -2.48. The average molecular weight is 471 g/mol. The highest BCUT2D eigenvalue weighted by molar-refractivity contribution is 7.80. The lowest BCUT2D eigenvalue weighted by Gasteiger charge is -2.26. The minimum absolute atomic E-state index is 0.0343. The Morgan fingerprint density at radius 3 is 2.74 bits per heavy atom. The number of benzene rings is 1. The molecule has 1 fully saturated rings. The van der Waals surface area contributed by atoms with Crippen molar-refractivity contribution in [3.63, 3.8) is 0 Å². The van der Waals surface area contributed by atoms with E-state index in [1.807, 2.05) is 54.6 Å². The number of nitrogens with zero attached hydrogens (tertiary/aromatic N) is 2. The predicted molar refractivity (Wildman–Crippen MR) is 131 cm³/mol. The number of nitrogens with one attached hydrogen (secondary N) is 2. The van der Waals surface area contributed by atoms with Crippen LogP contribution in [0.4, 0.5) is 5.69 Å². The molecule has 2 N–H and O–H groups in total. The molecule has 1 aliphatic heterocycles. The number of carbonyl (C=O) groups excluding carboxylic acids is 1. The number of hydrogen-bond donors (Lipinski definition) is 2. The van der Waals surface area contributed by atoms with Crippen LogP contribution in [0.25, 0.3) is 0 Å². The van der Waals surface area contributed by atoms with Gasteiger partial charge in [-0.3, -0.25) is 9.78 Å². The van der Waals surface area contributed by atoms with Crippen molar-refractivity contribution >= 4 is 51.9 Å². The van der Waals surface area contributed by atoms with Crippen molar-refractivity contribution in [1.82, 2.24) is 15.2 Å². The largest absolute Gasteiger partial charge is 0.352 e. The number of aromatic nitrogens is 1. The number of para-hydroxylation sites is 1. The van der Waals surface area contributed by atoms with Crippen LogP contribution in [0.3, 0.4) is 0 Å². The van der Waals surface area contributed by atoms with Gasteiger partial charge in [-0.25, -0.2) is 0 Å². The number of rotatable bonds is 7. The SMILES string of the molecule is CCc1ccccc1NC(=O)CCN1C(=S)N[C@@H](c2ccccn2)[C@@H]1c1ccc(Cl)s1. The Bertz CT molecular complexity index is 1070. The van der Waals surface area contributed by atoms with Crippen molar-refractivity contribution in [3.05, 3.63) is 81.3 Å². The Morgan fingerprint density at radius 2 is 2.03 bits per heavy atom. The van der Waals surface area contributed by atoms with E-state index >= 15 is 0 Å². The van der Waals surface area contributed by atoms with Crippen molar-refractivity contribution in [2.24, 2.45) is 0 Å². The fourth-order valence-corrected chi connectivity index (χ4v) is 5.37. The first-order valence-electron chi connectivity index (χ1n) is 10.2. The summed E-state index contributed by atoms with van der Waals surface area (Å²) in [6, 6.07) is 17.5. The molecule has 1 aliphatic rings. The maximum absolute atomic E-state index is 12.7. The molecule has 8 heteroatoms. The summed E-state index contributed by atoms with van der Waals surface area (Å²) in [5.41, 5.74) is 2.89. The van der Waals surface area contributed by atoms with E-state index in [2.05, 4.69) is 27.4 Å². The van der Waals surface area contributed by atoms with Crippen LogP contribution in [0.2, 0.25) is 4.34 Å². The molecule has 160 valence electrons. The van der Waals surface area contributed by atoms with E-state index < -0.39 is 0 Å². The van der Waals surface area contributed by atoms with Crippen molar-refractivity contribution in [1.29, 1.82) is 0 Å². The zero-order chi connectivity index (χ0) is 21.8. The molecule has 1 aromatic carbocycles. The molecule has 4 rings (SSSR count). The van der Waals surface area contributed by atoms with Crippen LogP contribution in [-0.2, 0) is 11.2 Å². The quantitative estimate of drug-likeness (QED) is 0.455. The van der Waals surface area contributed by atoms with Gasteiger partial charge in [-0.05, 0) is 54.5 Å². The predicted octanol–water partition coefficient (Wildman–Crippen LogP) is 5.36. The zero-order valence-corrected chi connectivity index (χ0v) is 19.4. The van der Waals surface area contributed by atoms with E-state index in [-0.39, 0.29) is 18.0 Å². The summed E-state index contributed by atoms with van der Waals surface area (Å²) in [6.45, 7) is 2.57. The standard InChI is InChI=1S/C23H23ClN4OS2/c1-2-15-7-3-4-8-16(15)26-20(29)12-14-28-22(18-10-11-19(24)31-18)21(27-23(28)30)17-9-5-6-13-25-17/h3-11,13,21-22H,2,12,14H2,1H3,(H,26,29)(H,27,30)/t21-,22-/m0/s1. The molecule has 2 aromatic heterocycles. The van der Waals surface area contributed by atoms with E-state index in [1.54, 1.807) is 6.20 Å². The normalized spacial score (nSPS) is 18.1. The summed E-state index contributed by atoms with van der Waals surface area (Å²) in [5.74, 6) is -0.0343. The second-order valence-corrected chi connectivity index (χ2v) is 9.40. The van der Waals surface area contributed by atoms with Crippen LogP contribution in [0.15, 0.2) is 60.8 Å². The van der Waals surface area contributed by atoms with E-state index in [0.29, 0.717) is 18.1 Å². The minimum atomic E-state index is -0.104. The summed E-state index contributed by atoms with van der Waals surface area (Å²) in [4.78, 5) is 20.4. The van der Waals surface area contributed by atoms with E-state index in [9.17, 15) is 4.79 Å². The van der Waals surface area contributed by atoms with Crippen molar-refractivity contribution < 1.29 is 4.79 Å². The van der Waals surface area contributed by atoms with Crippen LogP contribution >= 0.6 is 35.2 Å². The molecule has 3 aromatic rings. The third-order valence-corrected chi connectivity index (χ3v) is 6.99. The number of pyridine rings is 1. The molecule has 0 aliphatic carbocycles. The van der Waals surface area contributed by atoms with Crippen LogP contribution in [-0.4, -0.2) is 27.4 Å². The number of aryl methyl sites for hydroxylation is 1. The molecule has 0 spiro atoms. The Kier molecular flexibility index (Phi) is 6.85. The fourth-order valence-electron chi connectivity index (χ4n) is 3.83. The molecule has 3 heterocycles. The highest BCUT2D eigenvalue weighted by Crippen LogP contribution is 2.42. The summed E-state index contributed by atoms with van der Waals surface area (Å²) in [5, 5.41) is 7.06. The third-order valence-electron chi connectivity index (χ3n) is 5.34. The summed E-state index contributed by atoms with van der Waals surface area (Å²) in [7, 11) is 0. The van der Waals surface area contributed by atoms with Gasteiger partial charge in [-0.1, -0.05) is 42.8 Å². The van der Waals surface area contributed by atoms with Gasteiger partial charge in [-0.15, -0.1) is 11.3 Å². The van der Waals surface area contributed by atoms with E-state index in [1.165, 1.54) is 11.3 Å². The second-order valence-electron chi connectivity index (χ2n) is 7.27. The number of thiophene rings is 1. The first-order chi connectivity index (χ1) is 15.1. The summed E-state index contributed by atoms with van der Waals surface area (Å²) >= 11 is 13.4. The van der Waals surface area contributed by atoms with Gasteiger partial charge in [0.2, 0.25) is 5.91 Å². The van der Waals surface area contributed by atoms with Gasteiger partial charge in [-0.2, -0.15) is 0 Å². The Balaban J connectivity index is 1.52. The van der Waals surface area contributed by atoms with Crippen LogP contribution in [0.5, 0.6) is 0 Å². The minimum Gasteiger partial charge on any atom is -0.352 e. The van der Waals surface area contributed by atoms with Gasteiger partial charge in [0.15, 0.2) is 5.11 Å². The monoisotopic (exact) mass is 470 g/mol.